The van der Waals surface area contributed by atoms with Crippen LogP contribution in [0.1, 0.15) is 52.4 Å². The molecule has 1 aliphatic carbocycles. The minimum absolute atomic E-state index is 0.0763. The number of carbonyl (C=O) groups excluding carboxylic acids is 1. The Morgan fingerprint density at radius 1 is 1.38 bits per heavy atom. The third kappa shape index (κ3) is 6.43. The molecule has 0 heterocycles. The summed E-state index contributed by atoms with van der Waals surface area (Å²) in [6.07, 6.45) is 1.84. The van der Waals surface area contributed by atoms with Crippen molar-refractivity contribution in [2.45, 2.75) is 63.8 Å². The Morgan fingerprint density at radius 3 is 2.76 bits per heavy atom. The first-order valence-corrected chi connectivity index (χ1v) is 7.56. The number of rotatable bonds is 6. The summed E-state index contributed by atoms with van der Waals surface area (Å²) in [5.41, 5.74) is -0.0763. The van der Waals surface area contributed by atoms with Gasteiger partial charge >= 0.3 is 0 Å². The van der Waals surface area contributed by atoms with Gasteiger partial charge in [0.05, 0.1) is 6.42 Å². The van der Waals surface area contributed by atoms with Crippen molar-refractivity contribution in [2.75, 3.05) is 13.6 Å². The van der Waals surface area contributed by atoms with Gasteiger partial charge in [-0.3, -0.25) is 4.79 Å². The summed E-state index contributed by atoms with van der Waals surface area (Å²) in [5, 5.41) is 5.88. The van der Waals surface area contributed by atoms with Gasteiger partial charge < -0.3 is 10.6 Å². The number of hydrogen-bond donors (Lipinski definition) is 2. The number of alkyl halides is 2. The van der Waals surface area contributed by atoms with E-state index in [2.05, 4.69) is 22.5 Å². The zero-order valence-electron chi connectivity index (χ0n) is 13.2. The van der Waals surface area contributed by atoms with Crippen LogP contribution in [0, 0.1) is 17.8 Å². The molecule has 0 aliphatic heterocycles. The van der Waals surface area contributed by atoms with E-state index in [0.717, 1.165) is 6.42 Å². The maximum Gasteiger partial charge on any atom is 0.262 e. The molecule has 21 heavy (non-hydrogen) atoms. The van der Waals surface area contributed by atoms with E-state index in [9.17, 15) is 13.6 Å². The highest BCUT2D eigenvalue weighted by Gasteiger charge is 2.39. The number of amides is 1. The molecule has 5 heteroatoms. The van der Waals surface area contributed by atoms with E-state index in [-0.39, 0.29) is 17.9 Å². The Balaban J connectivity index is 2.44. The van der Waals surface area contributed by atoms with Crippen LogP contribution in [0.4, 0.5) is 8.78 Å². The van der Waals surface area contributed by atoms with Crippen LogP contribution in [0.15, 0.2) is 0 Å². The third-order valence-electron chi connectivity index (χ3n) is 4.08. The molecular formula is C16H26F2N2O. The molecule has 0 aromatic rings. The predicted molar refractivity (Wildman–Crippen MR) is 80.1 cm³/mol. The van der Waals surface area contributed by atoms with Gasteiger partial charge in [-0.15, -0.1) is 5.92 Å². The summed E-state index contributed by atoms with van der Waals surface area (Å²) in [5.74, 6) is 1.19. The molecule has 0 fully saturated rings. The lowest BCUT2D eigenvalue weighted by Gasteiger charge is -2.27. The van der Waals surface area contributed by atoms with E-state index in [1.54, 1.807) is 0 Å². The zero-order chi connectivity index (χ0) is 15.9. The van der Waals surface area contributed by atoms with E-state index in [1.165, 1.54) is 0 Å². The summed E-state index contributed by atoms with van der Waals surface area (Å²) in [4.78, 5) is 11.9. The minimum atomic E-state index is -2.87. The Hall–Kier alpha value is -1.15. The number of carbonyl (C=O) groups is 1. The van der Waals surface area contributed by atoms with Gasteiger partial charge in [0.1, 0.15) is 0 Å². The van der Waals surface area contributed by atoms with Crippen molar-refractivity contribution in [1.29, 1.82) is 0 Å². The first-order chi connectivity index (χ1) is 9.77. The second kappa shape index (κ2) is 7.74. The molecule has 0 spiro atoms. The molecule has 0 aromatic carbocycles. The zero-order valence-corrected chi connectivity index (χ0v) is 13.2. The quantitative estimate of drug-likeness (QED) is 0.741. The number of hydrogen-bond acceptors (Lipinski definition) is 2. The average molecular weight is 300 g/mol. The highest BCUT2D eigenvalue weighted by atomic mass is 19.3. The predicted octanol–water partition coefficient (Wildman–Crippen LogP) is 2.71. The van der Waals surface area contributed by atoms with Crippen molar-refractivity contribution >= 4 is 5.91 Å². The van der Waals surface area contributed by atoms with E-state index >= 15 is 0 Å². The van der Waals surface area contributed by atoms with Crippen LogP contribution in [-0.2, 0) is 4.79 Å². The Labute approximate surface area is 126 Å². The molecule has 1 aliphatic rings. The van der Waals surface area contributed by atoms with Crippen LogP contribution in [0.25, 0.3) is 0 Å². The maximum absolute atomic E-state index is 13.9. The smallest absolute Gasteiger partial charge is 0.262 e. The largest absolute Gasteiger partial charge is 0.356 e. The van der Waals surface area contributed by atoms with Crippen LogP contribution in [0.5, 0.6) is 0 Å². The molecule has 1 rings (SSSR count). The van der Waals surface area contributed by atoms with Gasteiger partial charge in [-0.25, -0.2) is 8.78 Å². The summed E-state index contributed by atoms with van der Waals surface area (Å²) in [7, 11) is 1.86. The molecule has 0 saturated carbocycles. The summed E-state index contributed by atoms with van der Waals surface area (Å²) < 4.78 is 27.9. The standard InChI is InChI=1S/C16H26F2N2O/c1-15(2,19-3)10-11-20-14(21)12-13-8-6-4-5-7-9-16(13,17)18/h13,19H,4,6,8-12H2,1-3H3,(H,20,21). The minimum Gasteiger partial charge on any atom is -0.356 e. The van der Waals surface area contributed by atoms with Gasteiger partial charge in [0.15, 0.2) is 0 Å². The first kappa shape index (κ1) is 17.9. The fourth-order valence-electron chi connectivity index (χ4n) is 2.25. The molecule has 0 aromatic heterocycles. The molecule has 1 amide bonds. The van der Waals surface area contributed by atoms with E-state index in [4.69, 9.17) is 0 Å². The van der Waals surface area contributed by atoms with Gasteiger partial charge in [-0.1, -0.05) is 5.92 Å². The highest BCUT2D eigenvalue weighted by molar-refractivity contribution is 5.76. The van der Waals surface area contributed by atoms with Crippen LogP contribution < -0.4 is 10.6 Å². The lowest BCUT2D eigenvalue weighted by molar-refractivity contribution is -0.127. The monoisotopic (exact) mass is 300 g/mol. The SMILES string of the molecule is CNC(C)(C)CCNC(=O)CC1CCCC#CCC1(F)F. The van der Waals surface area contributed by atoms with Crippen molar-refractivity contribution < 1.29 is 13.6 Å². The van der Waals surface area contributed by atoms with Crippen LogP contribution in [0.3, 0.4) is 0 Å². The molecule has 0 bridgehead atoms. The molecular weight excluding hydrogens is 274 g/mol. The maximum atomic E-state index is 13.9. The van der Waals surface area contributed by atoms with Gasteiger partial charge in [0, 0.05) is 30.8 Å². The molecule has 0 saturated heterocycles. The second-order valence-corrected chi connectivity index (χ2v) is 6.32. The van der Waals surface area contributed by atoms with Crippen molar-refractivity contribution in [1.82, 2.24) is 10.6 Å². The van der Waals surface area contributed by atoms with E-state index in [1.807, 2.05) is 20.9 Å². The molecule has 120 valence electrons. The van der Waals surface area contributed by atoms with E-state index in [0.29, 0.717) is 25.8 Å². The average Bonchev–Trinajstić information content (AvgIpc) is 2.39. The highest BCUT2D eigenvalue weighted by Crippen LogP contribution is 2.35. The molecule has 1 atom stereocenters. The lowest BCUT2D eigenvalue weighted by Crippen LogP contribution is -2.41. The van der Waals surface area contributed by atoms with E-state index < -0.39 is 18.3 Å². The van der Waals surface area contributed by atoms with Crippen LogP contribution in [-0.4, -0.2) is 31.0 Å². The second-order valence-electron chi connectivity index (χ2n) is 6.32. The number of nitrogens with one attached hydrogen (secondary N) is 2. The molecule has 2 N–H and O–H groups in total. The molecule has 0 radical (unpaired) electrons. The first-order valence-electron chi connectivity index (χ1n) is 7.56. The van der Waals surface area contributed by atoms with Crippen LogP contribution >= 0.6 is 0 Å². The molecule has 1 unspecified atom stereocenters. The number of halogens is 2. The Morgan fingerprint density at radius 2 is 2.10 bits per heavy atom. The Bertz CT molecular complexity index is 410. The lowest BCUT2D eigenvalue weighted by atomic mass is 9.88. The van der Waals surface area contributed by atoms with Crippen molar-refractivity contribution in [3.63, 3.8) is 0 Å². The fourth-order valence-corrected chi connectivity index (χ4v) is 2.25. The summed E-state index contributed by atoms with van der Waals surface area (Å²) in [6, 6.07) is 0. The van der Waals surface area contributed by atoms with Crippen molar-refractivity contribution in [3.05, 3.63) is 0 Å². The van der Waals surface area contributed by atoms with Gasteiger partial charge in [-0.2, -0.15) is 0 Å². The van der Waals surface area contributed by atoms with Crippen molar-refractivity contribution in [3.8, 4) is 11.8 Å². The fraction of sp³-hybridized carbons (Fsp3) is 0.812. The molecule has 3 nitrogen and oxygen atoms in total. The summed E-state index contributed by atoms with van der Waals surface area (Å²) in [6.45, 7) is 4.55. The van der Waals surface area contributed by atoms with Crippen LogP contribution in [0.2, 0.25) is 0 Å². The van der Waals surface area contributed by atoms with Gasteiger partial charge in [0.2, 0.25) is 5.91 Å². The Kier molecular flexibility index (Phi) is 6.60. The summed E-state index contributed by atoms with van der Waals surface area (Å²) >= 11 is 0. The van der Waals surface area contributed by atoms with Gasteiger partial charge in [-0.05, 0) is 40.2 Å². The normalized spacial score (nSPS) is 21.7. The third-order valence-corrected chi connectivity index (χ3v) is 4.08. The van der Waals surface area contributed by atoms with Gasteiger partial charge in [0.25, 0.3) is 5.92 Å². The van der Waals surface area contributed by atoms with Crippen molar-refractivity contribution in [2.24, 2.45) is 5.92 Å². The topological polar surface area (TPSA) is 41.1 Å².